The van der Waals surface area contributed by atoms with Crippen LogP contribution in [0.4, 0.5) is 0 Å². The van der Waals surface area contributed by atoms with E-state index in [2.05, 4.69) is 17.5 Å². The van der Waals surface area contributed by atoms with Crippen molar-refractivity contribution in [1.29, 1.82) is 0 Å². The Kier molecular flexibility index (Phi) is 7.34. The molecule has 0 bridgehead atoms. The molecule has 0 aromatic carbocycles. The lowest BCUT2D eigenvalue weighted by atomic mass is 10.1. The zero-order valence-electron chi connectivity index (χ0n) is 9.65. The van der Waals surface area contributed by atoms with Gasteiger partial charge in [0, 0.05) is 25.3 Å². The minimum atomic E-state index is 0.166. The molecule has 0 aliphatic heterocycles. The smallest absolute Gasteiger partial charge is 0.220 e. The number of carbonyl (C=O) groups excluding carboxylic acids is 1. The molecule has 2 N–H and O–H groups in total. The van der Waals surface area contributed by atoms with E-state index in [-0.39, 0.29) is 12.5 Å². The Balaban J connectivity index is 1.91. The monoisotopic (exact) mass is 243 g/mol. The fourth-order valence-electron chi connectivity index (χ4n) is 1.71. The van der Waals surface area contributed by atoms with Gasteiger partial charge in [-0.1, -0.05) is 12.2 Å². The Hall–Kier alpha value is -0.480. The fraction of sp³-hybridized carbons (Fsp3) is 0.750. The van der Waals surface area contributed by atoms with Crippen LogP contribution in [-0.2, 0) is 4.79 Å². The molecule has 0 radical (unpaired) electrons. The van der Waals surface area contributed by atoms with Gasteiger partial charge in [0.05, 0.1) is 0 Å². The van der Waals surface area contributed by atoms with Gasteiger partial charge in [-0.25, -0.2) is 0 Å². The molecule has 0 fully saturated rings. The third kappa shape index (κ3) is 6.18. The lowest BCUT2D eigenvalue weighted by Gasteiger charge is -2.08. The highest BCUT2D eigenvalue weighted by Gasteiger charge is 2.13. The normalized spacial score (nSPS) is 18.9. The summed E-state index contributed by atoms with van der Waals surface area (Å²) < 4.78 is 0. The molecule has 1 rings (SSSR count). The van der Waals surface area contributed by atoms with Gasteiger partial charge in [0.25, 0.3) is 0 Å². The zero-order chi connectivity index (χ0) is 11.6. The van der Waals surface area contributed by atoms with Gasteiger partial charge in [-0.05, 0) is 30.9 Å². The molecule has 1 aliphatic rings. The van der Waals surface area contributed by atoms with Crippen molar-refractivity contribution in [2.45, 2.75) is 25.7 Å². The third-order valence-corrected chi connectivity index (χ3v) is 3.65. The lowest BCUT2D eigenvalue weighted by Crippen LogP contribution is -2.27. The molecule has 92 valence electrons. The largest absolute Gasteiger partial charge is 0.396 e. The first-order chi connectivity index (χ1) is 7.83. The second kappa shape index (κ2) is 8.65. The van der Waals surface area contributed by atoms with Crippen LogP contribution in [0.3, 0.4) is 0 Å². The van der Waals surface area contributed by atoms with Crippen LogP contribution in [0, 0.1) is 5.92 Å². The summed E-state index contributed by atoms with van der Waals surface area (Å²) in [6.45, 7) is 0.999. The Morgan fingerprint density at radius 1 is 1.50 bits per heavy atom. The van der Waals surface area contributed by atoms with E-state index in [1.54, 1.807) is 11.8 Å². The molecule has 0 saturated carbocycles. The first kappa shape index (κ1) is 13.6. The van der Waals surface area contributed by atoms with Gasteiger partial charge < -0.3 is 10.4 Å². The predicted molar refractivity (Wildman–Crippen MR) is 68.5 cm³/mol. The standard InChI is InChI=1S/C12H21NO2S/c14-7-3-8-16-9-6-13-12(15)10-11-4-1-2-5-11/h1,4,11,14H,2-3,5-10H2,(H,13,15). The Morgan fingerprint density at radius 2 is 2.38 bits per heavy atom. The van der Waals surface area contributed by atoms with Crippen molar-refractivity contribution >= 4 is 17.7 Å². The SMILES string of the molecule is O=C(CC1C=CCC1)NCCSCCCO. The van der Waals surface area contributed by atoms with Crippen LogP contribution in [0.25, 0.3) is 0 Å². The van der Waals surface area contributed by atoms with E-state index in [1.807, 2.05) is 0 Å². The van der Waals surface area contributed by atoms with Crippen LogP contribution in [0.5, 0.6) is 0 Å². The van der Waals surface area contributed by atoms with Crippen molar-refractivity contribution < 1.29 is 9.90 Å². The number of aliphatic hydroxyl groups excluding tert-OH is 1. The number of hydrogen-bond donors (Lipinski definition) is 2. The maximum absolute atomic E-state index is 11.5. The van der Waals surface area contributed by atoms with Gasteiger partial charge in [0.2, 0.25) is 5.91 Å². The first-order valence-corrected chi connectivity index (χ1v) is 7.10. The van der Waals surface area contributed by atoms with E-state index in [1.165, 1.54) is 0 Å². The number of allylic oxidation sites excluding steroid dienone is 2. The van der Waals surface area contributed by atoms with Crippen LogP contribution in [0.15, 0.2) is 12.2 Å². The van der Waals surface area contributed by atoms with Crippen LogP contribution in [0.2, 0.25) is 0 Å². The highest BCUT2D eigenvalue weighted by atomic mass is 32.2. The molecular weight excluding hydrogens is 222 g/mol. The van der Waals surface area contributed by atoms with Crippen molar-refractivity contribution in [3.63, 3.8) is 0 Å². The number of nitrogens with one attached hydrogen (secondary N) is 1. The molecule has 0 saturated heterocycles. The highest BCUT2D eigenvalue weighted by Crippen LogP contribution is 2.19. The summed E-state index contributed by atoms with van der Waals surface area (Å²) in [5, 5.41) is 11.5. The van der Waals surface area contributed by atoms with Crippen LogP contribution >= 0.6 is 11.8 Å². The van der Waals surface area contributed by atoms with E-state index in [4.69, 9.17) is 5.11 Å². The van der Waals surface area contributed by atoms with Crippen molar-refractivity contribution in [2.24, 2.45) is 5.92 Å². The van der Waals surface area contributed by atoms with Crippen LogP contribution < -0.4 is 5.32 Å². The van der Waals surface area contributed by atoms with Gasteiger partial charge in [0.1, 0.15) is 0 Å². The molecule has 0 spiro atoms. The van der Waals surface area contributed by atoms with E-state index >= 15 is 0 Å². The highest BCUT2D eigenvalue weighted by molar-refractivity contribution is 7.99. The summed E-state index contributed by atoms with van der Waals surface area (Å²) in [6.07, 6.45) is 8.02. The number of rotatable bonds is 8. The van der Waals surface area contributed by atoms with Gasteiger partial charge >= 0.3 is 0 Å². The van der Waals surface area contributed by atoms with Crippen LogP contribution in [0.1, 0.15) is 25.7 Å². The van der Waals surface area contributed by atoms with Gasteiger partial charge in [-0.3, -0.25) is 4.79 Å². The average Bonchev–Trinajstić information content (AvgIpc) is 2.76. The van der Waals surface area contributed by atoms with Gasteiger partial charge in [0.15, 0.2) is 0 Å². The summed E-state index contributed by atoms with van der Waals surface area (Å²) in [5.41, 5.74) is 0. The topological polar surface area (TPSA) is 49.3 Å². The summed E-state index contributed by atoms with van der Waals surface area (Å²) in [4.78, 5) is 11.5. The molecule has 0 aromatic heterocycles. The van der Waals surface area contributed by atoms with Gasteiger partial charge in [-0.15, -0.1) is 0 Å². The fourth-order valence-corrected chi connectivity index (χ4v) is 2.49. The number of carbonyl (C=O) groups is 1. The molecule has 1 unspecified atom stereocenters. The molecule has 1 atom stereocenters. The summed E-state index contributed by atoms with van der Waals surface area (Å²) >= 11 is 1.77. The maximum atomic E-state index is 11.5. The van der Waals surface area contributed by atoms with Crippen molar-refractivity contribution in [3.05, 3.63) is 12.2 Å². The molecule has 1 aliphatic carbocycles. The molecule has 4 heteroatoms. The summed E-state index contributed by atoms with van der Waals surface area (Å²) in [6, 6.07) is 0. The average molecular weight is 243 g/mol. The minimum absolute atomic E-state index is 0.166. The zero-order valence-corrected chi connectivity index (χ0v) is 10.5. The Labute approximate surface area is 102 Å². The van der Waals surface area contributed by atoms with Crippen molar-refractivity contribution in [3.8, 4) is 0 Å². The molecule has 16 heavy (non-hydrogen) atoms. The molecule has 3 nitrogen and oxygen atoms in total. The third-order valence-electron chi connectivity index (χ3n) is 2.58. The lowest BCUT2D eigenvalue weighted by molar-refractivity contribution is -0.121. The number of amides is 1. The van der Waals surface area contributed by atoms with E-state index in [9.17, 15) is 4.79 Å². The molecule has 0 heterocycles. The predicted octanol–water partition coefficient (Wildman–Crippen LogP) is 1.57. The van der Waals surface area contributed by atoms with E-state index in [0.29, 0.717) is 12.3 Å². The Bertz CT molecular complexity index is 231. The molecule has 1 amide bonds. The van der Waals surface area contributed by atoms with E-state index in [0.717, 1.165) is 37.3 Å². The second-order valence-electron chi connectivity index (χ2n) is 4.01. The number of thioether (sulfide) groups is 1. The summed E-state index contributed by atoms with van der Waals surface area (Å²) in [5.74, 6) is 2.53. The van der Waals surface area contributed by atoms with Crippen molar-refractivity contribution in [2.75, 3.05) is 24.7 Å². The summed E-state index contributed by atoms with van der Waals surface area (Å²) in [7, 11) is 0. The minimum Gasteiger partial charge on any atom is -0.396 e. The number of hydrogen-bond acceptors (Lipinski definition) is 3. The molecular formula is C12H21NO2S. The molecule has 0 aromatic rings. The van der Waals surface area contributed by atoms with E-state index < -0.39 is 0 Å². The maximum Gasteiger partial charge on any atom is 0.220 e. The number of aliphatic hydroxyl groups is 1. The van der Waals surface area contributed by atoms with Crippen LogP contribution in [-0.4, -0.2) is 35.7 Å². The quantitative estimate of drug-likeness (QED) is 0.502. The first-order valence-electron chi connectivity index (χ1n) is 5.95. The Morgan fingerprint density at radius 3 is 3.06 bits per heavy atom. The second-order valence-corrected chi connectivity index (χ2v) is 5.23. The van der Waals surface area contributed by atoms with Gasteiger partial charge in [-0.2, -0.15) is 11.8 Å². The van der Waals surface area contributed by atoms with Crippen molar-refractivity contribution in [1.82, 2.24) is 5.32 Å².